The molecule has 0 aliphatic heterocycles. The molecule has 0 aliphatic carbocycles. The highest BCUT2D eigenvalue weighted by Gasteiger charge is 2.12. The number of nitrogens with zero attached hydrogens (tertiary/aromatic N) is 2. The normalized spacial score (nSPS) is 11.1. The van der Waals surface area contributed by atoms with Crippen molar-refractivity contribution in [3.8, 4) is 17.1 Å². The molecule has 0 saturated carbocycles. The molecular weight excluding hydrogens is 314 g/mol. The number of rotatable bonds is 4. The van der Waals surface area contributed by atoms with Gasteiger partial charge in [-0.25, -0.2) is 4.98 Å². The van der Waals surface area contributed by atoms with Crippen molar-refractivity contribution in [3.63, 3.8) is 0 Å². The maximum absolute atomic E-state index is 11.6. The van der Waals surface area contributed by atoms with E-state index in [2.05, 4.69) is 9.97 Å². The van der Waals surface area contributed by atoms with Crippen molar-refractivity contribution in [2.24, 2.45) is 11.5 Å². The summed E-state index contributed by atoms with van der Waals surface area (Å²) >= 11 is 0. The van der Waals surface area contributed by atoms with E-state index < -0.39 is 5.91 Å². The number of imidazole rings is 1. The summed E-state index contributed by atoms with van der Waals surface area (Å²) in [6.07, 6.45) is 1.98. The van der Waals surface area contributed by atoms with E-state index in [0.717, 1.165) is 22.5 Å². The summed E-state index contributed by atoms with van der Waals surface area (Å²) < 4.78 is 2.04. The highest BCUT2D eigenvalue weighted by molar-refractivity contribution is 6.04. The zero-order valence-electron chi connectivity index (χ0n) is 13.4. The SMILES string of the molecule is NCc1cccn1-c1cccc(-c2nc3c(C(N)=O)cccc3[nH]2)c1. The highest BCUT2D eigenvalue weighted by atomic mass is 16.1. The van der Waals surface area contributed by atoms with E-state index in [9.17, 15) is 4.79 Å². The Hall–Kier alpha value is -3.38. The third kappa shape index (κ3) is 2.58. The number of fused-ring (bicyclic) bond motifs is 1. The van der Waals surface area contributed by atoms with Gasteiger partial charge in [-0.1, -0.05) is 18.2 Å². The van der Waals surface area contributed by atoms with E-state index in [0.29, 0.717) is 23.4 Å². The lowest BCUT2D eigenvalue weighted by Crippen LogP contribution is -2.11. The van der Waals surface area contributed by atoms with Gasteiger partial charge in [0.25, 0.3) is 5.91 Å². The van der Waals surface area contributed by atoms with Crippen LogP contribution in [0.15, 0.2) is 60.8 Å². The fraction of sp³-hybridized carbons (Fsp3) is 0.0526. The van der Waals surface area contributed by atoms with E-state index in [1.54, 1.807) is 12.1 Å². The molecule has 0 unspecified atom stereocenters. The number of para-hydroxylation sites is 1. The molecule has 2 aromatic heterocycles. The third-order valence-electron chi connectivity index (χ3n) is 4.22. The second-order valence-corrected chi connectivity index (χ2v) is 5.78. The summed E-state index contributed by atoms with van der Waals surface area (Å²) in [5.41, 5.74) is 15.9. The van der Waals surface area contributed by atoms with Crippen molar-refractivity contribution in [2.45, 2.75) is 6.54 Å². The lowest BCUT2D eigenvalue weighted by molar-refractivity contribution is 0.100. The Morgan fingerprint density at radius 1 is 1.12 bits per heavy atom. The molecule has 2 aromatic carbocycles. The molecule has 0 atom stereocenters. The van der Waals surface area contributed by atoms with E-state index in [4.69, 9.17) is 11.5 Å². The zero-order chi connectivity index (χ0) is 17.4. The number of aromatic amines is 1. The molecule has 4 rings (SSSR count). The second kappa shape index (κ2) is 5.92. The van der Waals surface area contributed by atoms with Crippen LogP contribution >= 0.6 is 0 Å². The topological polar surface area (TPSA) is 103 Å². The fourth-order valence-electron chi connectivity index (χ4n) is 3.01. The quantitative estimate of drug-likeness (QED) is 0.535. The van der Waals surface area contributed by atoms with Crippen molar-refractivity contribution < 1.29 is 4.79 Å². The van der Waals surface area contributed by atoms with Crippen LogP contribution in [0.5, 0.6) is 0 Å². The fourth-order valence-corrected chi connectivity index (χ4v) is 3.01. The van der Waals surface area contributed by atoms with Crippen molar-refractivity contribution in [2.75, 3.05) is 0 Å². The largest absolute Gasteiger partial charge is 0.366 e. The number of amides is 1. The molecule has 4 aromatic rings. The molecule has 0 fully saturated rings. The number of aromatic nitrogens is 3. The Morgan fingerprint density at radius 3 is 2.76 bits per heavy atom. The third-order valence-corrected chi connectivity index (χ3v) is 4.22. The van der Waals surface area contributed by atoms with Gasteiger partial charge in [-0.2, -0.15) is 0 Å². The van der Waals surface area contributed by atoms with Crippen molar-refractivity contribution in [1.29, 1.82) is 0 Å². The number of benzene rings is 2. The summed E-state index contributed by atoms with van der Waals surface area (Å²) in [6, 6.07) is 17.3. The number of carbonyl (C=O) groups is 1. The van der Waals surface area contributed by atoms with E-state index >= 15 is 0 Å². The predicted octanol–water partition coefficient (Wildman–Crippen LogP) is 2.58. The Balaban J connectivity index is 1.83. The van der Waals surface area contributed by atoms with Crippen LogP contribution in [0.2, 0.25) is 0 Å². The minimum Gasteiger partial charge on any atom is -0.366 e. The number of H-pyrrole nitrogens is 1. The lowest BCUT2D eigenvalue weighted by Gasteiger charge is -2.09. The average Bonchev–Trinajstić information content (AvgIpc) is 3.27. The molecule has 0 aliphatic rings. The first-order chi connectivity index (χ1) is 12.2. The molecule has 124 valence electrons. The molecule has 1 amide bonds. The van der Waals surface area contributed by atoms with Crippen LogP contribution in [-0.4, -0.2) is 20.4 Å². The lowest BCUT2D eigenvalue weighted by atomic mass is 10.2. The number of carbonyl (C=O) groups excluding carboxylic acids is 1. The summed E-state index contributed by atoms with van der Waals surface area (Å²) in [5, 5.41) is 0. The molecule has 0 bridgehead atoms. The van der Waals surface area contributed by atoms with Crippen LogP contribution < -0.4 is 11.5 Å². The van der Waals surface area contributed by atoms with Crippen LogP contribution in [0, 0.1) is 0 Å². The Kier molecular flexibility index (Phi) is 3.59. The van der Waals surface area contributed by atoms with Gasteiger partial charge in [0.1, 0.15) is 11.3 Å². The first kappa shape index (κ1) is 15.2. The van der Waals surface area contributed by atoms with E-state index in [1.165, 1.54) is 0 Å². The van der Waals surface area contributed by atoms with Crippen LogP contribution in [0.4, 0.5) is 0 Å². The Morgan fingerprint density at radius 2 is 1.96 bits per heavy atom. The van der Waals surface area contributed by atoms with Crippen LogP contribution in [0.3, 0.4) is 0 Å². The van der Waals surface area contributed by atoms with E-state index in [-0.39, 0.29) is 0 Å². The maximum atomic E-state index is 11.6. The smallest absolute Gasteiger partial charge is 0.250 e. The van der Waals surface area contributed by atoms with Crippen molar-refractivity contribution >= 4 is 16.9 Å². The first-order valence-electron chi connectivity index (χ1n) is 7.93. The molecule has 25 heavy (non-hydrogen) atoms. The average molecular weight is 331 g/mol. The molecular formula is C19H17N5O. The summed E-state index contributed by atoms with van der Waals surface area (Å²) in [7, 11) is 0. The van der Waals surface area contributed by atoms with Crippen LogP contribution in [0.1, 0.15) is 16.1 Å². The van der Waals surface area contributed by atoms with Gasteiger partial charge in [0.2, 0.25) is 0 Å². The molecule has 6 nitrogen and oxygen atoms in total. The number of primary amides is 1. The summed E-state index contributed by atoms with van der Waals surface area (Å²) in [4.78, 5) is 19.4. The summed E-state index contributed by atoms with van der Waals surface area (Å²) in [5.74, 6) is 0.198. The number of nitrogens with two attached hydrogens (primary N) is 2. The molecule has 5 N–H and O–H groups in total. The van der Waals surface area contributed by atoms with Gasteiger partial charge in [0, 0.05) is 29.7 Å². The van der Waals surface area contributed by atoms with Gasteiger partial charge in [-0.15, -0.1) is 0 Å². The molecule has 6 heteroatoms. The highest BCUT2D eigenvalue weighted by Crippen LogP contribution is 2.25. The minimum atomic E-state index is -0.489. The predicted molar refractivity (Wildman–Crippen MR) is 97.3 cm³/mol. The maximum Gasteiger partial charge on any atom is 0.250 e. The molecule has 2 heterocycles. The van der Waals surface area contributed by atoms with Crippen LogP contribution in [-0.2, 0) is 6.54 Å². The van der Waals surface area contributed by atoms with Gasteiger partial charge in [-0.3, -0.25) is 4.79 Å². The number of nitrogens with one attached hydrogen (secondary N) is 1. The molecule has 0 spiro atoms. The van der Waals surface area contributed by atoms with Gasteiger partial charge in [0.15, 0.2) is 0 Å². The first-order valence-corrected chi connectivity index (χ1v) is 7.93. The number of hydrogen-bond donors (Lipinski definition) is 3. The van der Waals surface area contributed by atoms with Gasteiger partial charge in [0.05, 0.1) is 11.1 Å². The molecule has 0 saturated heterocycles. The van der Waals surface area contributed by atoms with Gasteiger partial charge < -0.3 is 21.0 Å². The second-order valence-electron chi connectivity index (χ2n) is 5.78. The number of hydrogen-bond acceptors (Lipinski definition) is 3. The Bertz CT molecular complexity index is 1080. The minimum absolute atomic E-state index is 0.409. The summed E-state index contributed by atoms with van der Waals surface area (Å²) in [6.45, 7) is 0.462. The molecule has 0 radical (unpaired) electrons. The van der Waals surface area contributed by atoms with Crippen LogP contribution in [0.25, 0.3) is 28.1 Å². The van der Waals surface area contributed by atoms with Crippen molar-refractivity contribution in [3.05, 3.63) is 72.1 Å². The standard InChI is InChI=1S/C19H17N5O/c20-11-14-6-3-9-24(14)13-5-1-4-12(10-13)19-22-16-8-2-7-15(18(21)25)17(16)23-19/h1-10H,11,20H2,(H2,21,25)(H,22,23). The van der Waals surface area contributed by atoms with E-state index in [1.807, 2.05) is 53.2 Å². The van der Waals surface area contributed by atoms with Crippen molar-refractivity contribution in [1.82, 2.24) is 14.5 Å². The van der Waals surface area contributed by atoms with Gasteiger partial charge >= 0.3 is 0 Å². The monoisotopic (exact) mass is 331 g/mol. The zero-order valence-corrected chi connectivity index (χ0v) is 13.4. The Labute approximate surface area is 144 Å². The van der Waals surface area contributed by atoms with Gasteiger partial charge in [-0.05, 0) is 36.4 Å².